The molecule has 1 aromatic heterocycles. The maximum Gasteiger partial charge on any atom is 0.339 e. The molecule has 0 radical (unpaired) electrons. The number of carboxylic acid groups (broad SMARTS) is 1. The summed E-state index contributed by atoms with van der Waals surface area (Å²) in [6.45, 7) is 0. The lowest BCUT2D eigenvalue weighted by Crippen LogP contribution is -2.08. The lowest BCUT2D eigenvalue weighted by molar-refractivity contribution is 0.0693. The number of aromatic carboxylic acids is 1. The molecule has 2 N–H and O–H groups in total. The molecule has 0 saturated heterocycles. The van der Waals surface area contributed by atoms with Crippen molar-refractivity contribution < 1.29 is 15.0 Å². The minimum Gasteiger partial charge on any atom is -0.507 e. The van der Waals surface area contributed by atoms with Gasteiger partial charge in [0, 0.05) is 11.4 Å². The van der Waals surface area contributed by atoms with Gasteiger partial charge in [-0.15, -0.1) is 0 Å². The third kappa shape index (κ3) is 2.70. The zero-order chi connectivity index (χ0) is 17.4. The lowest BCUT2D eigenvalue weighted by atomic mass is 9.98. The smallest absolute Gasteiger partial charge is 0.339 e. The average Bonchev–Trinajstić information content (AvgIpc) is 3.02. The second-order valence-electron chi connectivity index (χ2n) is 6.42. The van der Waals surface area contributed by atoms with Gasteiger partial charge >= 0.3 is 5.97 Å². The molecule has 1 aliphatic rings. The van der Waals surface area contributed by atoms with Gasteiger partial charge in [0.05, 0.1) is 5.69 Å². The number of aromatic hydroxyl groups is 1. The first kappa shape index (κ1) is 15.5. The molecule has 0 saturated carbocycles. The number of aromatic nitrogens is 1. The number of aryl methyl sites for hydroxylation is 1. The van der Waals surface area contributed by atoms with Crippen LogP contribution in [0.5, 0.6) is 5.75 Å². The minimum atomic E-state index is -1.12. The van der Waals surface area contributed by atoms with Gasteiger partial charge in [-0.25, -0.2) is 4.79 Å². The fraction of sp³-hybridized carbons (Fsp3) is 0.190. The van der Waals surface area contributed by atoms with Gasteiger partial charge < -0.3 is 14.8 Å². The Bertz CT molecular complexity index is 941. The molecule has 0 amide bonds. The van der Waals surface area contributed by atoms with Gasteiger partial charge in [0.25, 0.3) is 0 Å². The van der Waals surface area contributed by atoms with E-state index in [9.17, 15) is 15.0 Å². The van der Waals surface area contributed by atoms with E-state index in [0.29, 0.717) is 0 Å². The van der Waals surface area contributed by atoms with E-state index in [0.717, 1.165) is 36.2 Å². The molecule has 3 aromatic rings. The highest BCUT2D eigenvalue weighted by Crippen LogP contribution is 2.34. The van der Waals surface area contributed by atoms with E-state index in [1.165, 1.54) is 23.7 Å². The zero-order valence-electron chi connectivity index (χ0n) is 13.8. The Balaban J connectivity index is 1.96. The van der Waals surface area contributed by atoms with Gasteiger partial charge in [-0.1, -0.05) is 30.3 Å². The van der Waals surface area contributed by atoms with E-state index in [1.54, 1.807) is 12.1 Å². The second kappa shape index (κ2) is 6.13. The monoisotopic (exact) mass is 333 g/mol. The maximum absolute atomic E-state index is 11.4. The molecule has 25 heavy (non-hydrogen) atoms. The Labute approximate surface area is 146 Å². The molecule has 4 rings (SSSR count). The number of fused-ring (bicyclic) bond motifs is 1. The Morgan fingerprint density at radius 1 is 0.960 bits per heavy atom. The van der Waals surface area contributed by atoms with Crippen molar-refractivity contribution in [3.05, 3.63) is 71.4 Å². The standard InChI is InChI=1S/C21H19NO3/c23-20-11-10-16(13-17(20)21(24)25)22-18-9-5-4-8-15(18)12-19(22)14-6-2-1-3-7-14/h1-3,6-7,10-13,23H,4-5,8-9H2,(H,24,25). The van der Waals surface area contributed by atoms with Crippen molar-refractivity contribution in [3.63, 3.8) is 0 Å². The molecule has 2 aromatic carbocycles. The first-order valence-corrected chi connectivity index (χ1v) is 8.51. The summed E-state index contributed by atoms with van der Waals surface area (Å²) in [5, 5.41) is 19.2. The molecule has 1 aliphatic carbocycles. The van der Waals surface area contributed by atoms with Gasteiger partial charge in [0.15, 0.2) is 0 Å². The van der Waals surface area contributed by atoms with Crippen LogP contribution in [-0.2, 0) is 12.8 Å². The number of nitrogens with zero attached hydrogens (tertiary/aromatic N) is 1. The van der Waals surface area contributed by atoms with Crippen molar-refractivity contribution in [2.24, 2.45) is 0 Å². The van der Waals surface area contributed by atoms with Crippen LogP contribution in [0, 0.1) is 0 Å². The number of benzene rings is 2. The van der Waals surface area contributed by atoms with Crippen molar-refractivity contribution in [3.8, 4) is 22.7 Å². The Kier molecular flexibility index (Phi) is 3.80. The fourth-order valence-electron chi connectivity index (χ4n) is 3.65. The highest BCUT2D eigenvalue weighted by atomic mass is 16.4. The van der Waals surface area contributed by atoms with Crippen LogP contribution in [0.3, 0.4) is 0 Å². The summed E-state index contributed by atoms with van der Waals surface area (Å²) in [6.07, 6.45) is 4.34. The quantitative estimate of drug-likeness (QED) is 0.745. The van der Waals surface area contributed by atoms with E-state index in [4.69, 9.17) is 0 Å². The van der Waals surface area contributed by atoms with Crippen molar-refractivity contribution >= 4 is 5.97 Å². The van der Waals surface area contributed by atoms with Crippen molar-refractivity contribution in [2.45, 2.75) is 25.7 Å². The number of carboxylic acids is 1. The van der Waals surface area contributed by atoms with Crippen LogP contribution in [-0.4, -0.2) is 20.7 Å². The predicted molar refractivity (Wildman–Crippen MR) is 96.5 cm³/mol. The van der Waals surface area contributed by atoms with E-state index in [2.05, 4.69) is 22.8 Å². The molecule has 4 nitrogen and oxygen atoms in total. The highest BCUT2D eigenvalue weighted by molar-refractivity contribution is 5.91. The molecule has 126 valence electrons. The lowest BCUT2D eigenvalue weighted by Gasteiger charge is -2.18. The van der Waals surface area contributed by atoms with E-state index < -0.39 is 5.97 Å². The van der Waals surface area contributed by atoms with E-state index >= 15 is 0 Å². The van der Waals surface area contributed by atoms with Crippen molar-refractivity contribution in [1.82, 2.24) is 4.57 Å². The molecule has 0 spiro atoms. The van der Waals surface area contributed by atoms with Crippen molar-refractivity contribution in [1.29, 1.82) is 0 Å². The highest BCUT2D eigenvalue weighted by Gasteiger charge is 2.21. The molecule has 1 heterocycles. The van der Waals surface area contributed by atoms with Crippen LogP contribution in [0.1, 0.15) is 34.5 Å². The van der Waals surface area contributed by atoms with Gasteiger partial charge in [0.2, 0.25) is 0 Å². The third-order valence-corrected chi connectivity index (χ3v) is 4.84. The van der Waals surface area contributed by atoms with Crippen LogP contribution in [0.2, 0.25) is 0 Å². The number of phenols is 1. The number of rotatable bonds is 3. The maximum atomic E-state index is 11.4. The van der Waals surface area contributed by atoms with Gasteiger partial charge in [-0.3, -0.25) is 0 Å². The summed E-state index contributed by atoms with van der Waals surface area (Å²) < 4.78 is 2.15. The van der Waals surface area contributed by atoms with Crippen LogP contribution in [0.4, 0.5) is 0 Å². The largest absolute Gasteiger partial charge is 0.507 e. The van der Waals surface area contributed by atoms with Gasteiger partial charge in [0.1, 0.15) is 11.3 Å². The van der Waals surface area contributed by atoms with Gasteiger partial charge in [-0.2, -0.15) is 0 Å². The van der Waals surface area contributed by atoms with E-state index in [-0.39, 0.29) is 11.3 Å². The van der Waals surface area contributed by atoms with Crippen LogP contribution in [0.15, 0.2) is 54.6 Å². The van der Waals surface area contributed by atoms with Crippen LogP contribution >= 0.6 is 0 Å². The number of hydrogen-bond donors (Lipinski definition) is 2. The van der Waals surface area contributed by atoms with Gasteiger partial charge in [-0.05, 0) is 61.1 Å². The molecule has 4 heteroatoms. The summed E-state index contributed by atoms with van der Waals surface area (Å²) in [5.74, 6) is -1.33. The Morgan fingerprint density at radius 2 is 1.72 bits per heavy atom. The van der Waals surface area contributed by atoms with Crippen LogP contribution < -0.4 is 0 Å². The summed E-state index contributed by atoms with van der Waals surface area (Å²) in [6, 6.07) is 17.1. The van der Waals surface area contributed by atoms with E-state index in [1.807, 2.05) is 18.2 Å². The summed E-state index contributed by atoms with van der Waals surface area (Å²) in [4.78, 5) is 11.4. The summed E-state index contributed by atoms with van der Waals surface area (Å²) in [7, 11) is 0. The minimum absolute atomic E-state index is 0.0743. The normalized spacial score (nSPS) is 13.4. The molecule has 0 bridgehead atoms. The second-order valence-corrected chi connectivity index (χ2v) is 6.42. The summed E-state index contributed by atoms with van der Waals surface area (Å²) in [5.41, 5.74) is 5.44. The molecule has 0 fully saturated rings. The fourth-order valence-corrected chi connectivity index (χ4v) is 3.65. The number of carbonyl (C=O) groups is 1. The molecule has 0 unspecified atom stereocenters. The first-order valence-electron chi connectivity index (χ1n) is 8.51. The molecular weight excluding hydrogens is 314 g/mol. The SMILES string of the molecule is O=C(O)c1cc(-n2c(-c3ccccc3)cc3c2CCCC3)ccc1O. The topological polar surface area (TPSA) is 62.5 Å². The van der Waals surface area contributed by atoms with Crippen molar-refractivity contribution in [2.75, 3.05) is 0 Å². The first-order chi connectivity index (χ1) is 12.1. The number of hydrogen-bond acceptors (Lipinski definition) is 2. The Morgan fingerprint density at radius 3 is 2.48 bits per heavy atom. The summed E-state index contributed by atoms with van der Waals surface area (Å²) >= 11 is 0. The molecule has 0 aliphatic heterocycles. The van der Waals surface area contributed by atoms with Crippen LogP contribution in [0.25, 0.3) is 16.9 Å². The molecule has 0 atom stereocenters. The predicted octanol–water partition coefficient (Wildman–Crippen LogP) is 4.43. The molecular formula is C21H19NO3. The third-order valence-electron chi connectivity index (χ3n) is 4.84. The average molecular weight is 333 g/mol. The Hall–Kier alpha value is -3.01. The zero-order valence-corrected chi connectivity index (χ0v) is 13.8.